The lowest BCUT2D eigenvalue weighted by Crippen LogP contribution is -2.25. The fraction of sp³-hybridized carbons (Fsp3) is 0.500. The molecule has 0 bridgehead atoms. The molecular weight excluding hydrogens is 264 g/mol. The lowest BCUT2D eigenvalue weighted by Gasteiger charge is -2.17. The number of imidazole rings is 1. The van der Waals surface area contributed by atoms with E-state index in [2.05, 4.69) is 9.97 Å². The Morgan fingerprint density at radius 3 is 3.00 bits per heavy atom. The van der Waals surface area contributed by atoms with Crippen LogP contribution in [-0.2, 0) is 4.74 Å². The van der Waals surface area contributed by atoms with Crippen molar-refractivity contribution < 1.29 is 14.9 Å². The minimum Gasteiger partial charge on any atom is -0.394 e. The largest absolute Gasteiger partial charge is 0.394 e. The first kappa shape index (κ1) is 13.1. The van der Waals surface area contributed by atoms with Crippen LogP contribution in [0.15, 0.2) is 17.2 Å². The van der Waals surface area contributed by atoms with Gasteiger partial charge in [0.25, 0.3) is 5.56 Å². The maximum atomic E-state index is 11.7. The number of nitrogen functional groups attached to an aromatic ring is 1. The number of nitrogens with one attached hydrogen (secondary N) is 1. The van der Waals surface area contributed by atoms with Crippen LogP contribution in [0, 0.1) is 5.92 Å². The topological polar surface area (TPSA) is 126 Å². The molecule has 0 amide bonds. The summed E-state index contributed by atoms with van der Waals surface area (Å²) in [6, 6.07) is 1.57. The molecule has 1 aliphatic rings. The van der Waals surface area contributed by atoms with Crippen LogP contribution < -0.4 is 11.3 Å². The van der Waals surface area contributed by atoms with E-state index in [1.54, 1.807) is 17.6 Å². The lowest BCUT2D eigenvalue weighted by atomic mass is 10.0. The van der Waals surface area contributed by atoms with Crippen molar-refractivity contribution in [3.05, 3.63) is 22.7 Å². The van der Waals surface area contributed by atoms with Gasteiger partial charge in [0.1, 0.15) is 11.9 Å². The third-order valence-electron chi connectivity index (χ3n) is 3.78. The van der Waals surface area contributed by atoms with E-state index in [-0.39, 0.29) is 23.9 Å². The molecule has 0 radical (unpaired) electrons. The van der Waals surface area contributed by atoms with Gasteiger partial charge in [0, 0.05) is 12.0 Å². The number of anilines is 1. The summed E-state index contributed by atoms with van der Waals surface area (Å²) < 4.78 is 7.20. The SMILES string of the molecule is C[C@H]1[C@@H](O)[C@H](n2cnc3c(=O)[nH]c(N)cc32)O[C@@H]1CO. The van der Waals surface area contributed by atoms with Crippen molar-refractivity contribution in [2.45, 2.75) is 25.4 Å². The van der Waals surface area contributed by atoms with Gasteiger partial charge < -0.3 is 30.2 Å². The molecule has 5 N–H and O–H groups in total. The first-order valence-electron chi connectivity index (χ1n) is 6.32. The van der Waals surface area contributed by atoms with E-state index < -0.39 is 24.0 Å². The fourth-order valence-electron chi connectivity index (χ4n) is 2.57. The Hall–Kier alpha value is -1.90. The second-order valence-electron chi connectivity index (χ2n) is 5.04. The number of aromatic amines is 1. The molecule has 108 valence electrons. The number of rotatable bonds is 2. The molecule has 3 heterocycles. The molecule has 1 fully saturated rings. The summed E-state index contributed by atoms with van der Waals surface area (Å²) in [6.07, 6.45) is -0.523. The molecule has 20 heavy (non-hydrogen) atoms. The first-order valence-corrected chi connectivity index (χ1v) is 6.32. The highest BCUT2D eigenvalue weighted by Crippen LogP contribution is 2.34. The maximum Gasteiger partial charge on any atom is 0.277 e. The van der Waals surface area contributed by atoms with E-state index in [1.807, 2.05) is 0 Å². The van der Waals surface area contributed by atoms with Gasteiger partial charge in [-0.1, -0.05) is 6.92 Å². The van der Waals surface area contributed by atoms with Crippen LogP contribution >= 0.6 is 0 Å². The van der Waals surface area contributed by atoms with E-state index in [0.29, 0.717) is 5.52 Å². The Morgan fingerprint density at radius 1 is 1.60 bits per heavy atom. The number of ether oxygens (including phenoxy) is 1. The average molecular weight is 280 g/mol. The molecule has 0 unspecified atom stereocenters. The predicted molar refractivity (Wildman–Crippen MR) is 70.9 cm³/mol. The van der Waals surface area contributed by atoms with Gasteiger partial charge in [-0.25, -0.2) is 4.98 Å². The molecule has 0 saturated carbocycles. The van der Waals surface area contributed by atoms with Crippen LogP contribution in [0.3, 0.4) is 0 Å². The van der Waals surface area contributed by atoms with Crippen LogP contribution in [0.25, 0.3) is 11.0 Å². The molecule has 8 nitrogen and oxygen atoms in total. The van der Waals surface area contributed by atoms with E-state index in [0.717, 1.165) is 0 Å². The Labute approximate surface area is 113 Å². The zero-order valence-corrected chi connectivity index (χ0v) is 10.9. The third kappa shape index (κ3) is 1.80. The second kappa shape index (κ2) is 4.58. The second-order valence-corrected chi connectivity index (χ2v) is 5.04. The number of hydrogen-bond acceptors (Lipinski definition) is 6. The fourth-order valence-corrected chi connectivity index (χ4v) is 2.57. The molecule has 0 spiro atoms. The summed E-state index contributed by atoms with van der Waals surface area (Å²) in [7, 11) is 0. The molecule has 3 rings (SSSR count). The zero-order valence-electron chi connectivity index (χ0n) is 10.9. The van der Waals surface area contributed by atoms with E-state index >= 15 is 0 Å². The van der Waals surface area contributed by atoms with Crippen molar-refractivity contribution in [3.8, 4) is 0 Å². The van der Waals surface area contributed by atoms with Crippen molar-refractivity contribution in [2.24, 2.45) is 5.92 Å². The Morgan fingerprint density at radius 2 is 2.35 bits per heavy atom. The normalized spacial score (nSPS) is 30.1. The van der Waals surface area contributed by atoms with Crippen molar-refractivity contribution >= 4 is 16.9 Å². The molecule has 8 heteroatoms. The maximum absolute atomic E-state index is 11.7. The van der Waals surface area contributed by atoms with Gasteiger partial charge in [-0.05, 0) is 0 Å². The number of fused-ring (bicyclic) bond motifs is 1. The van der Waals surface area contributed by atoms with Gasteiger partial charge >= 0.3 is 0 Å². The van der Waals surface area contributed by atoms with Crippen molar-refractivity contribution in [2.75, 3.05) is 12.3 Å². The molecule has 2 aromatic heterocycles. The van der Waals surface area contributed by atoms with E-state index in [9.17, 15) is 15.0 Å². The van der Waals surface area contributed by atoms with Crippen LogP contribution in [0.2, 0.25) is 0 Å². The number of aromatic nitrogens is 3. The summed E-state index contributed by atoms with van der Waals surface area (Å²) in [5.74, 6) is -0.00899. The smallest absolute Gasteiger partial charge is 0.277 e. The monoisotopic (exact) mass is 280 g/mol. The minimum absolute atomic E-state index is 0.177. The van der Waals surface area contributed by atoms with Gasteiger partial charge in [-0.3, -0.25) is 4.79 Å². The summed E-state index contributed by atoms with van der Waals surface area (Å²) in [4.78, 5) is 18.2. The first-order chi connectivity index (χ1) is 9.52. The van der Waals surface area contributed by atoms with Crippen LogP contribution in [0.5, 0.6) is 0 Å². The van der Waals surface area contributed by atoms with Gasteiger partial charge in [0.15, 0.2) is 11.7 Å². The molecule has 2 aromatic rings. The summed E-state index contributed by atoms with van der Waals surface area (Å²) in [5, 5.41) is 19.5. The Balaban J connectivity index is 2.09. The van der Waals surface area contributed by atoms with Gasteiger partial charge in [0.05, 0.1) is 24.6 Å². The molecule has 1 saturated heterocycles. The number of pyridine rings is 1. The Bertz CT molecular complexity index is 694. The summed E-state index contributed by atoms with van der Waals surface area (Å²) in [5.41, 5.74) is 5.95. The number of H-pyrrole nitrogens is 1. The van der Waals surface area contributed by atoms with Crippen LogP contribution in [-0.4, -0.2) is 43.6 Å². The minimum atomic E-state index is -0.801. The van der Waals surface area contributed by atoms with E-state index in [4.69, 9.17) is 10.5 Å². The van der Waals surface area contributed by atoms with Crippen molar-refractivity contribution in [1.29, 1.82) is 0 Å². The molecule has 0 aliphatic carbocycles. The van der Waals surface area contributed by atoms with Gasteiger partial charge in [-0.2, -0.15) is 0 Å². The zero-order chi connectivity index (χ0) is 14.4. The van der Waals surface area contributed by atoms with Gasteiger partial charge in [0.2, 0.25) is 0 Å². The van der Waals surface area contributed by atoms with Crippen LogP contribution in [0.4, 0.5) is 5.82 Å². The molecular formula is C12H16N4O4. The summed E-state index contributed by atoms with van der Waals surface area (Å²) >= 11 is 0. The van der Waals surface area contributed by atoms with Gasteiger partial charge in [-0.15, -0.1) is 0 Å². The highest BCUT2D eigenvalue weighted by Gasteiger charge is 2.41. The number of aliphatic hydroxyl groups excluding tert-OH is 2. The molecule has 4 atom stereocenters. The van der Waals surface area contributed by atoms with E-state index in [1.165, 1.54) is 6.33 Å². The summed E-state index contributed by atoms with van der Waals surface area (Å²) in [6.45, 7) is 1.62. The average Bonchev–Trinajstić information content (AvgIpc) is 2.93. The number of aliphatic hydroxyl groups is 2. The lowest BCUT2D eigenvalue weighted by molar-refractivity contribution is -0.0489. The molecule has 0 aromatic carbocycles. The number of nitrogens with two attached hydrogens (primary N) is 1. The highest BCUT2D eigenvalue weighted by molar-refractivity contribution is 5.76. The Kier molecular flexibility index (Phi) is 3.00. The predicted octanol–water partition coefficient (Wildman–Crippen LogP) is -0.806. The van der Waals surface area contributed by atoms with Crippen molar-refractivity contribution in [3.63, 3.8) is 0 Å². The standard InChI is InChI=1S/C12H16N4O4/c1-5-7(3-17)20-12(10(5)18)16-4-14-9-6(16)2-8(13)15-11(9)19/h2,4-5,7,10,12,17-18H,3H2,1H3,(H3,13,15,19)/t5-,7-,10-,12-/m1/s1. The number of nitrogens with zero attached hydrogens (tertiary/aromatic N) is 2. The quantitative estimate of drug-likeness (QED) is 0.570. The molecule has 1 aliphatic heterocycles. The van der Waals surface area contributed by atoms with Crippen molar-refractivity contribution in [1.82, 2.24) is 14.5 Å². The highest BCUT2D eigenvalue weighted by atomic mass is 16.5. The van der Waals surface area contributed by atoms with Crippen LogP contribution in [0.1, 0.15) is 13.2 Å². The number of hydrogen-bond donors (Lipinski definition) is 4. The third-order valence-corrected chi connectivity index (χ3v) is 3.78.